The molecule has 0 bridgehead atoms. The van der Waals surface area contributed by atoms with E-state index >= 15 is 0 Å². The highest BCUT2D eigenvalue weighted by Gasteiger charge is 2.36. The molecule has 3 amide bonds. The summed E-state index contributed by atoms with van der Waals surface area (Å²) in [5.41, 5.74) is 3.07. The van der Waals surface area contributed by atoms with Crippen LogP contribution in [0.3, 0.4) is 0 Å². The molecule has 32 heavy (non-hydrogen) atoms. The summed E-state index contributed by atoms with van der Waals surface area (Å²) in [6.07, 6.45) is 6.65. The third-order valence-corrected chi connectivity index (χ3v) is 6.15. The molecular weight excluding hydrogens is 404 g/mol. The highest BCUT2D eigenvalue weighted by atomic mass is 16.2. The van der Waals surface area contributed by atoms with E-state index < -0.39 is 6.04 Å². The summed E-state index contributed by atoms with van der Waals surface area (Å²) in [6, 6.07) is 11.4. The molecule has 1 N–H and O–H groups in total. The van der Waals surface area contributed by atoms with Crippen molar-refractivity contribution in [3.63, 3.8) is 0 Å². The second-order valence-corrected chi connectivity index (χ2v) is 8.32. The Morgan fingerprint density at radius 2 is 2.03 bits per heavy atom. The van der Waals surface area contributed by atoms with E-state index in [0.717, 1.165) is 16.7 Å². The molecule has 2 aliphatic heterocycles. The summed E-state index contributed by atoms with van der Waals surface area (Å²) >= 11 is 0. The zero-order valence-electron chi connectivity index (χ0n) is 18.1. The Morgan fingerprint density at radius 1 is 1.19 bits per heavy atom. The van der Waals surface area contributed by atoms with Gasteiger partial charge < -0.3 is 15.1 Å². The van der Waals surface area contributed by atoms with Crippen LogP contribution in [0.25, 0.3) is 11.1 Å². The maximum absolute atomic E-state index is 13.4. The van der Waals surface area contributed by atoms with Crippen molar-refractivity contribution in [3.05, 3.63) is 67.0 Å². The molecule has 2 fully saturated rings. The van der Waals surface area contributed by atoms with Crippen molar-refractivity contribution in [1.29, 1.82) is 0 Å². The molecule has 7 heteroatoms. The van der Waals surface area contributed by atoms with E-state index in [4.69, 9.17) is 0 Å². The summed E-state index contributed by atoms with van der Waals surface area (Å²) in [7, 11) is 0. The average Bonchev–Trinajstić information content (AvgIpc) is 3.20. The first-order valence-corrected chi connectivity index (χ1v) is 11.0. The van der Waals surface area contributed by atoms with E-state index in [2.05, 4.69) is 16.9 Å². The molecular formula is C25H28N4O3. The number of nitrogens with zero attached hydrogens (tertiary/aromatic N) is 3. The minimum absolute atomic E-state index is 0.0247. The van der Waals surface area contributed by atoms with E-state index in [9.17, 15) is 14.4 Å². The predicted molar refractivity (Wildman–Crippen MR) is 121 cm³/mol. The van der Waals surface area contributed by atoms with Crippen molar-refractivity contribution in [2.24, 2.45) is 5.92 Å². The number of carbonyl (C=O) groups excluding carboxylic acids is 3. The molecule has 2 aromatic rings. The fraction of sp³-hybridized carbons (Fsp3) is 0.360. The summed E-state index contributed by atoms with van der Waals surface area (Å²) in [5.74, 6) is -0.549. The lowest BCUT2D eigenvalue weighted by atomic mass is 9.91. The largest absolute Gasteiger partial charge is 0.344 e. The van der Waals surface area contributed by atoms with Gasteiger partial charge in [0.25, 0.3) is 0 Å². The van der Waals surface area contributed by atoms with Gasteiger partial charge in [-0.25, -0.2) is 0 Å². The summed E-state index contributed by atoms with van der Waals surface area (Å²) in [6.45, 7) is 5.46. The molecule has 0 aliphatic carbocycles. The number of benzene rings is 1. The van der Waals surface area contributed by atoms with Crippen LogP contribution in [0.5, 0.6) is 0 Å². The van der Waals surface area contributed by atoms with Gasteiger partial charge in [-0.15, -0.1) is 6.58 Å². The lowest BCUT2D eigenvalue weighted by Gasteiger charge is -2.26. The first kappa shape index (κ1) is 21.7. The first-order valence-electron chi connectivity index (χ1n) is 11.0. The smallest absolute Gasteiger partial charge is 0.245 e. The van der Waals surface area contributed by atoms with Crippen molar-refractivity contribution in [2.75, 3.05) is 26.2 Å². The highest BCUT2D eigenvalue weighted by Crippen LogP contribution is 2.27. The molecule has 4 rings (SSSR count). The van der Waals surface area contributed by atoms with E-state index in [-0.39, 0.29) is 23.6 Å². The third kappa shape index (κ3) is 4.72. The predicted octanol–water partition coefficient (Wildman–Crippen LogP) is 2.04. The number of nitrogens with one attached hydrogen (secondary N) is 1. The van der Waals surface area contributed by atoms with E-state index in [1.807, 2.05) is 42.6 Å². The first-order chi connectivity index (χ1) is 15.6. The van der Waals surface area contributed by atoms with E-state index in [0.29, 0.717) is 45.4 Å². The number of pyridine rings is 1. The number of rotatable bonds is 6. The zero-order chi connectivity index (χ0) is 22.5. The maximum Gasteiger partial charge on any atom is 0.245 e. The molecule has 1 aromatic carbocycles. The normalized spacial score (nSPS) is 21.2. The monoisotopic (exact) mass is 432 g/mol. The standard InChI is InChI=1S/C25H28N4O3/c1-2-12-28-13-14-29(25(32)22-9-10-23(30)27-22)17-20(24(28)31)15-18-6-3-4-8-21(18)19-7-5-11-26-16-19/h2-8,11,16,20,22H,1,9-10,12-15,17H2,(H,27,30)/t20-,22+/m0/s1. The second-order valence-electron chi connectivity index (χ2n) is 8.32. The van der Waals surface area contributed by atoms with Crippen LogP contribution in [-0.4, -0.2) is 64.7 Å². The van der Waals surface area contributed by atoms with Crippen molar-refractivity contribution in [3.8, 4) is 11.1 Å². The summed E-state index contributed by atoms with van der Waals surface area (Å²) < 4.78 is 0. The van der Waals surface area contributed by atoms with Gasteiger partial charge >= 0.3 is 0 Å². The van der Waals surface area contributed by atoms with Crippen LogP contribution in [0, 0.1) is 5.92 Å². The van der Waals surface area contributed by atoms with Crippen molar-refractivity contribution < 1.29 is 14.4 Å². The van der Waals surface area contributed by atoms with E-state index in [1.165, 1.54) is 0 Å². The van der Waals surface area contributed by atoms with E-state index in [1.54, 1.807) is 22.1 Å². The van der Waals surface area contributed by atoms with Gasteiger partial charge in [0, 0.05) is 50.6 Å². The minimum atomic E-state index is -0.494. The molecule has 2 saturated heterocycles. The van der Waals surface area contributed by atoms with Gasteiger partial charge in [-0.3, -0.25) is 19.4 Å². The van der Waals surface area contributed by atoms with Crippen molar-refractivity contribution >= 4 is 17.7 Å². The van der Waals surface area contributed by atoms with Gasteiger partial charge in [-0.05, 0) is 30.0 Å². The molecule has 0 radical (unpaired) electrons. The molecule has 3 heterocycles. The molecule has 0 saturated carbocycles. The Bertz CT molecular complexity index is 1010. The molecule has 2 atom stereocenters. The molecule has 1 aromatic heterocycles. The Kier molecular flexibility index (Phi) is 6.63. The van der Waals surface area contributed by atoms with Gasteiger partial charge in [0.1, 0.15) is 6.04 Å². The van der Waals surface area contributed by atoms with Crippen LogP contribution in [0.1, 0.15) is 18.4 Å². The van der Waals surface area contributed by atoms with Crippen LogP contribution < -0.4 is 5.32 Å². The number of amides is 3. The Balaban J connectivity index is 1.60. The van der Waals surface area contributed by atoms with Crippen LogP contribution in [-0.2, 0) is 20.8 Å². The van der Waals surface area contributed by atoms with Crippen LogP contribution in [0.4, 0.5) is 0 Å². The Hall–Kier alpha value is -3.48. The average molecular weight is 433 g/mol. The fourth-order valence-corrected chi connectivity index (χ4v) is 4.52. The molecule has 2 aliphatic rings. The van der Waals surface area contributed by atoms with Gasteiger partial charge in [-0.2, -0.15) is 0 Å². The lowest BCUT2D eigenvalue weighted by Crippen LogP contribution is -2.46. The number of hydrogen-bond donors (Lipinski definition) is 1. The Labute approximate surface area is 188 Å². The fourth-order valence-electron chi connectivity index (χ4n) is 4.52. The van der Waals surface area contributed by atoms with Gasteiger partial charge in [0.15, 0.2) is 0 Å². The number of aromatic nitrogens is 1. The maximum atomic E-state index is 13.4. The molecule has 0 spiro atoms. The highest BCUT2D eigenvalue weighted by molar-refractivity contribution is 5.91. The van der Waals surface area contributed by atoms with Gasteiger partial charge in [-0.1, -0.05) is 36.4 Å². The second kappa shape index (κ2) is 9.77. The number of hydrogen-bond acceptors (Lipinski definition) is 4. The van der Waals surface area contributed by atoms with Crippen LogP contribution >= 0.6 is 0 Å². The van der Waals surface area contributed by atoms with Crippen LogP contribution in [0.15, 0.2) is 61.4 Å². The van der Waals surface area contributed by atoms with Crippen molar-refractivity contribution in [2.45, 2.75) is 25.3 Å². The zero-order valence-corrected chi connectivity index (χ0v) is 18.1. The molecule has 166 valence electrons. The van der Waals surface area contributed by atoms with Crippen molar-refractivity contribution in [1.82, 2.24) is 20.1 Å². The quantitative estimate of drug-likeness (QED) is 0.709. The minimum Gasteiger partial charge on any atom is -0.344 e. The van der Waals surface area contributed by atoms with Gasteiger partial charge in [0.05, 0.1) is 5.92 Å². The third-order valence-electron chi connectivity index (χ3n) is 6.15. The summed E-state index contributed by atoms with van der Waals surface area (Å²) in [5, 5.41) is 2.76. The van der Waals surface area contributed by atoms with Gasteiger partial charge in [0.2, 0.25) is 17.7 Å². The Morgan fingerprint density at radius 3 is 2.75 bits per heavy atom. The summed E-state index contributed by atoms with van der Waals surface area (Å²) in [4.78, 5) is 45.9. The lowest BCUT2D eigenvalue weighted by molar-refractivity contribution is -0.136. The molecule has 7 nitrogen and oxygen atoms in total. The SMILES string of the molecule is C=CCN1CCN(C(=O)[C@H]2CCC(=O)N2)C[C@H](Cc2ccccc2-c2cccnc2)C1=O. The number of carbonyl (C=O) groups is 3. The van der Waals surface area contributed by atoms with Crippen LogP contribution in [0.2, 0.25) is 0 Å². The molecule has 0 unspecified atom stereocenters. The topological polar surface area (TPSA) is 82.6 Å².